The van der Waals surface area contributed by atoms with Crippen molar-refractivity contribution in [1.82, 2.24) is 10.6 Å². The van der Waals surface area contributed by atoms with Gasteiger partial charge in [-0.15, -0.1) is 0 Å². The Kier molecular flexibility index (Phi) is 6.47. The van der Waals surface area contributed by atoms with E-state index in [2.05, 4.69) is 10.6 Å². The van der Waals surface area contributed by atoms with Crippen LogP contribution >= 0.6 is 0 Å². The summed E-state index contributed by atoms with van der Waals surface area (Å²) in [6, 6.07) is 0. The molecule has 1 fully saturated rings. The molecule has 1 aliphatic carbocycles. The smallest absolute Gasteiger partial charge is 0.323 e. The summed E-state index contributed by atoms with van der Waals surface area (Å²) in [5, 5.41) is 15.7. The van der Waals surface area contributed by atoms with Gasteiger partial charge >= 0.3 is 5.97 Å². The number of carboxylic acid groups (broad SMARTS) is 1. The molecular weight excluding hydrogens is 220 g/mol. The summed E-state index contributed by atoms with van der Waals surface area (Å²) >= 11 is 0. The summed E-state index contributed by atoms with van der Waals surface area (Å²) in [7, 11) is 1.68. The molecule has 1 saturated carbocycles. The van der Waals surface area contributed by atoms with E-state index in [-0.39, 0.29) is 0 Å². The average Bonchev–Trinajstić information content (AvgIpc) is 2.34. The Morgan fingerprint density at radius 2 is 2.06 bits per heavy atom. The van der Waals surface area contributed by atoms with Crippen molar-refractivity contribution in [3.63, 3.8) is 0 Å². The molecule has 0 amide bonds. The van der Waals surface area contributed by atoms with Gasteiger partial charge in [-0.3, -0.25) is 10.1 Å². The van der Waals surface area contributed by atoms with Crippen LogP contribution in [0.2, 0.25) is 0 Å². The number of aliphatic carboxylic acids is 1. The molecule has 0 aromatic rings. The number of hydrogen-bond acceptors (Lipinski definition) is 4. The van der Waals surface area contributed by atoms with Crippen molar-refractivity contribution in [3.05, 3.63) is 0 Å². The van der Waals surface area contributed by atoms with Gasteiger partial charge in [-0.25, -0.2) is 0 Å². The number of carboxylic acids is 1. The maximum atomic E-state index is 11.3. The summed E-state index contributed by atoms with van der Waals surface area (Å²) in [5.41, 5.74) is -0.702. The van der Waals surface area contributed by atoms with Crippen LogP contribution in [-0.4, -0.2) is 43.5 Å². The minimum Gasteiger partial charge on any atom is -0.480 e. The first-order valence-corrected chi connectivity index (χ1v) is 6.39. The lowest BCUT2D eigenvalue weighted by atomic mass is 9.82. The van der Waals surface area contributed by atoms with Crippen LogP contribution in [0.4, 0.5) is 0 Å². The molecule has 0 heterocycles. The lowest BCUT2D eigenvalue weighted by molar-refractivity contribution is -0.146. The molecule has 5 nitrogen and oxygen atoms in total. The molecule has 0 radical (unpaired) electrons. The molecule has 3 N–H and O–H groups in total. The minimum absolute atomic E-state index is 0.552. The van der Waals surface area contributed by atoms with Crippen molar-refractivity contribution in [2.75, 3.05) is 26.9 Å². The van der Waals surface area contributed by atoms with E-state index in [1.807, 2.05) is 0 Å². The molecule has 0 aromatic carbocycles. The first-order valence-electron chi connectivity index (χ1n) is 6.39. The predicted octanol–water partition coefficient (Wildman–Crippen LogP) is 0.947. The second-order valence-electron chi connectivity index (χ2n) is 4.65. The van der Waals surface area contributed by atoms with Crippen molar-refractivity contribution in [1.29, 1.82) is 0 Å². The molecule has 17 heavy (non-hydrogen) atoms. The fourth-order valence-electron chi connectivity index (χ4n) is 2.28. The van der Waals surface area contributed by atoms with E-state index in [9.17, 15) is 9.90 Å². The largest absolute Gasteiger partial charge is 0.480 e. The normalized spacial score (nSPS) is 19.1. The van der Waals surface area contributed by atoms with E-state index >= 15 is 0 Å². The number of hydrogen-bond donors (Lipinski definition) is 3. The Hall–Kier alpha value is -0.650. The van der Waals surface area contributed by atoms with E-state index in [0.29, 0.717) is 6.67 Å². The maximum absolute atomic E-state index is 11.3. The number of methoxy groups -OCH3 is 1. The molecule has 0 unspecified atom stereocenters. The van der Waals surface area contributed by atoms with Crippen molar-refractivity contribution in [3.8, 4) is 0 Å². The molecule has 1 rings (SSSR count). The number of rotatable bonds is 8. The van der Waals surface area contributed by atoms with Gasteiger partial charge in [0.15, 0.2) is 0 Å². The first-order chi connectivity index (χ1) is 8.21. The Morgan fingerprint density at radius 3 is 2.65 bits per heavy atom. The zero-order valence-corrected chi connectivity index (χ0v) is 10.6. The van der Waals surface area contributed by atoms with E-state index < -0.39 is 11.5 Å². The van der Waals surface area contributed by atoms with Crippen LogP contribution in [0.1, 0.15) is 38.5 Å². The van der Waals surface area contributed by atoms with E-state index in [1.54, 1.807) is 7.11 Å². The Balaban J connectivity index is 2.23. The molecule has 0 atom stereocenters. The van der Waals surface area contributed by atoms with Crippen LogP contribution < -0.4 is 10.6 Å². The minimum atomic E-state index is -0.712. The summed E-state index contributed by atoms with van der Waals surface area (Å²) in [4.78, 5) is 11.3. The highest BCUT2D eigenvalue weighted by Gasteiger charge is 2.38. The summed E-state index contributed by atoms with van der Waals surface area (Å²) in [5.74, 6) is -0.712. The monoisotopic (exact) mass is 244 g/mol. The second-order valence-corrected chi connectivity index (χ2v) is 4.65. The van der Waals surface area contributed by atoms with Gasteiger partial charge in [0.05, 0.1) is 0 Å². The third-order valence-electron chi connectivity index (χ3n) is 3.37. The predicted molar refractivity (Wildman–Crippen MR) is 66.0 cm³/mol. The lowest BCUT2D eigenvalue weighted by Gasteiger charge is -2.34. The molecule has 0 bridgehead atoms. The van der Waals surface area contributed by atoms with Gasteiger partial charge in [-0.2, -0.15) is 0 Å². The molecule has 0 saturated heterocycles. The van der Waals surface area contributed by atoms with Gasteiger partial charge in [0.1, 0.15) is 5.54 Å². The van der Waals surface area contributed by atoms with Crippen molar-refractivity contribution < 1.29 is 14.6 Å². The molecule has 1 aliphatic rings. The Morgan fingerprint density at radius 1 is 1.35 bits per heavy atom. The fourth-order valence-corrected chi connectivity index (χ4v) is 2.28. The SMILES string of the molecule is COCCCNCNC1(C(=O)O)CCCCC1. The summed E-state index contributed by atoms with van der Waals surface area (Å²) < 4.78 is 4.94. The van der Waals surface area contributed by atoms with Gasteiger partial charge in [0, 0.05) is 20.4 Å². The van der Waals surface area contributed by atoms with Gasteiger partial charge in [0.2, 0.25) is 0 Å². The highest BCUT2D eigenvalue weighted by molar-refractivity contribution is 5.78. The topological polar surface area (TPSA) is 70.6 Å². The lowest BCUT2D eigenvalue weighted by Crippen LogP contribution is -2.55. The summed E-state index contributed by atoms with van der Waals surface area (Å²) in [6.07, 6.45) is 5.58. The van der Waals surface area contributed by atoms with E-state index in [0.717, 1.165) is 51.7 Å². The molecule has 5 heteroatoms. The van der Waals surface area contributed by atoms with Crippen LogP contribution in [0, 0.1) is 0 Å². The zero-order valence-electron chi connectivity index (χ0n) is 10.6. The van der Waals surface area contributed by atoms with Crippen LogP contribution in [0.25, 0.3) is 0 Å². The quantitative estimate of drug-likeness (QED) is 0.438. The Bertz CT molecular complexity index is 228. The summed E-state index contributed by atoms with van der Waals surface area (Å²) in [6.45, 7) is 2.13. The van der Waals surface area contributed by atoms with E-state index in [1.165, 1.54) is 0 Å². The van der Waals surface area contributed by atoms with Crippen molar-refractivity contribution >= 4 is 5.97 Å². The van der Waals surface area contributed by atoms with Gasteiger partial charge in [-0.1, -0.05) is 19.3 Å². The number of carbonyl (C=O) groups is 1. The van der Waals surface area contributed by atoms with Crippen LogP contribution in [0.5, 0.6) is 0 Å². The fraction of sp³-hybridized carbons (Fsp3) is 0.917. The van der Waals surface area contributed by atoms with Crippen molar-refractivity contribution in [2.45, 2.75) is 44.1 Å². The maximum Gasteiger partial charge on any atom is 0.323 e. The third-order valence-corrected chi connectivity index (χ3v) is 3.37. The third kappa shape index (κ3) is 4.61. The highest BCUT2D eigenvalue weighted by atomic mass is 16.5. The Labute approximate surface area is 103 Å². The van der Waals surface area contributed by atoms with Crippen molar-refractivity contribution in [2.24, 2.45) is 0 Å². The highest BCUT2D eigenvalue weighted by Crippen LogP contribution is 2.28. The van der Waals surface area contributed by atoms with E-state index in [4.69, 9.17) is 4.74 Å². The van der Waals surface area contributed by atoms with Crippen LogP contribution in [0.3, 0.4) is 0 Å². The van der Waals surface area contributed by atoms with Gasteiger partial charge < -0.3 is 15.2 Å². The van der Waals surface area contributed by atoms with Gasteiger partial charge in [0.25, 0.3) is 0 Å². The molecular formula is C12H24N2O3. The molecule has 0 aromatic heterocycles. The van der Waals surface area contributed by atoms with Gasteiger partial charge in [-0.05, 0) is 25.8 Å². The zero-order chi connectivity index (χ0) is 12.6. The standard InChI is InChI=1S/C12H24N2O3/c1-17-9-5-8-13-10-14-12(11(15)16)6-3-2-4-7-12/h13-14H,2-10H2,1H3,(H,15,16). The molecule has 0 aliphatic heterocycles. The van der Waals surface area contributed by atoms with Crippen LogP contribution in [-0.2, 0) is 9.53 Å². The molecule has 0 spiro atoms. The number of ether oxygens (including phenoxy) is 1. The van der Waals surface area contributed by atoms with Crippen LogP contribution in [0.15, 0.2) is 0 Å². The average molecular weight is 244 g/mol. The first kappa shape index (κ1) is 14.4. The number of nitrogens with one attached hydrogen (secondary N) is 2. The second kappa shape index (κ2) is 7.63. The molecule has 100 valence electrons.